The number of hydrogen-bond acceptors (Lipinski definition) is 4. The number of aliphatic carboxylic acids is 1. The van der Waals surface area contributed by atoms with Crippen LogP contribution in [0, 0.1) is 0 Å². The third kappa shape index (κ3) is 3.69. The lowest BCUT2D eigenvalue weighted by Crippen LogP contribution is -2.52. The summed E-state index contributed by atoms with van der Waals surface area (Å²) in [6.07, 6.45) is -3.97. The number of nitrogens with one attached hydrogen (secondary N) is 1. The number of aromatic nitrogens is 1. The van der Waals surface area contributed by atoms with Crippen LogP contribution in [0.25, 0.3) is 0 Å². The average Bonchev–Trinajstić information content (AvgIpc) is 2.77. The summed E-state index contributed by atoms with van der Waals surface area (Å²) in [4.78, 5) is 26.1. The Labute approximate surface area is 116 Å². The predicted molar refractivity (Wildman–Crippen MR) is 65.5 cm³/mol. The molecular formula is C11H13F3N2O3S. The standard InChI is InChI=1S/C11H13F3N2O3S/c1-3-4-10(2,9(18)19)16-7(17)6-5-20-8(15-6)11(12,13)14/h5H,3-4H2,1-2H3,(H,16,17)(H,18,19). The minimum absolute atomic E-state index is 0.157. The molecule has 1 unspecified atom stereocenters. The number of carbonyl (C=O) groups excluding carboxylic acids is 1. The van der Waals surface area contributed by atoms with Crippen molar-refractivity contribution in [3.63, 3.8) is 0 Å². The molecule has 1 aromatic rings. The van der Waals surface area contributed by atoms with E-state index in [1.54, 1.807) is 6.92 Å². The summed E-state index contributed by atoms with van der Waals surface area (Å²) >= 11 is 0.288. The maximum absolute atomic E-state index is 12.4. The smallest absolute Gasteiger partial charge is 0.443 e. The maximum atomic E-state index is 12.4. The molecule has 0 fully saturated rings. The quantitative estimate of drug-likeness (QED) is 0.876. The molecule has 1 rings (SSSR count). The van der Waals surface area contributed by atoms with E-state index in [2.05, 4.69) is 10.3 Å². The lowest BCUT2D eigenvalue weighted by Gasteiger charge is -2.25. The molecule has 0 aliphatic heterocycles. The molecule has 0 radical (unpaired) electrons. The third-order valence-corrected chi connectivity index (χ3v) is 3.48. The summed E-state index contributed by atoms with van der Waals surface area (Å²) in [7, 11) is 0. The molecule has 1 atom stereocenters. The molecule has 112 valence electrons. The van der Waals surface area contributed by atoms with Gasteiger partial charge in [-0.1, -0.05) is 13.3 Å². The Balaban J connectivity index is 2.90. The second-order valence-corrected chi connectivity index (χ2v) is 5.24. The van der Waals surface area contributed by atoms with Crippen LogP contribution >= 0.6 is 11.3 Å². The van der Waals surface area contributed by atoms with Crippen LogP contribution in [0.5, 0.6) is 0 Å². The van der Waals surface area contributed by atoms with Crippen molar-refractivity contribution in [1.29, 1.82) is 0 Å². The molecule has 0 aliphatic carbocycles. The summed E-state index contributed by atoms with van der Waals surface area (Å²) in [6.45, 7) is 3.03. The van der Waals surface area contributed by atoms with E-state index < -0.39 is 34.3 Å². The summed E-state index contributed by atoms with van der Waals surface area (Å²) in [6, 6.07) is 0. The Bertz CT molecular complexity index is 515. The van der Waals surface area contributed by atoms with Gasteiger partial charge >= 0.3 is 12.1 Å². The van der Waals surface area contributed by atoms with Crippen molar-refractivity contribution in [2.75, 3.05) is 0 Å². The number of nitrogens with zero attached hydrogens (tertiary/aromatic N) is 1. The number of carboxylic acids is 1. The number of rotatable bonds is 5. The Morgan fingerprint density at radius 3 is 2.45 bits per heavy atom. The van der Waals surface area contributed by atoms with E-state index in [-0.39, 0.29) is 17.8 Å². The number of halogens is 3. The summed E-state index contributed by atoms with van der Waals surface area (Å²) in [5.41, 5.74) is -1.97. The molecule has 0 aromatic carbocycles. The van der Waals surface area contributed by atoms with Crippen molar-refractivity contribution in [1.82, 2.24) is 10.3 Å². The lowest BCUT2D eigenvalue weighted by atomic mass is 9.96. The van der Waals surface area contributed by atoms with Gasteiger partial charge < -0.3 is 10.4 Å². The van der Waals surface area contributed by atoms with Gasteiger partial charge in [0.15, 0.2) is 5.01 Å². The molecule has 0 saturated heterocycles. The Hall–Kier alpha value is -1.64. The zero-order valence-electron chi connectivity index (χ0n) is 10.7. The topological polar surface area (TPSA) is 79.3 Å². The minimum Gasteiger partial charge on any atom is -0.480 e. The number of amides is 1. The van der Waals surface area contributed by atoms with E-state index in [0.717, 1.165) is 5.38 Å². The fourth-order valence-electron chi connectivity index (χ4n) is 1.55. The van der Waals surface area contributed by atoms with Crippen LogP contribution in [0.15, 0.2) is 5.38 Å². The van der Waals surface area contributed by atoms with Crippen LogP contribution < -0.4 is 5.32 Å². The molecule has 0 saturated carbocycles. The van der Waals surface area contributed by atoms with Crippen LogP contribution in [-0.4, -0.2) is 27.5 Å². The van der Waals surface area contributed by atoms with E-state index in [4.69, 9.17) is 5.11 Å². The SMILES string of the molecule is CCCC(C)(NC(=O)c1csc(C(F)(F)F)n1)C(=O)O. The van der Waals surface area contributed by atoms with Crippen molar-refractivity contribution >= 4 is 23.2 Å². The van der Waals surface area contributed by atoms with Gasteiger partial charge in [0, 0.05) is 5.38 Å². The Morgan fingerprint density at radius 2 is 2.05 bits per heavy atom. The lowest BCUT2D eigenvalue weighted by molar-refractivity contribution is -0.144. The number of carbonyl (C=O) groups is 2. The highest BCUT2D eigenvalue weighted by molar-refractivity contribution is 7.09. The zero-order chi connectivity index (χ0) is 15.6. The highest BCUT2D eigenvalue weighted by Gasteiger charge is 2.37. The largest absolute Gasteiger partial charge is 0.480 e. The normalized spacial score (nSPS) is 14.7. The van der Waals surface area contributed by atoms with Gasteiger partial charge in [-0.05, 0) is 13.3 Å². The van der Waals surface area contributed by atoms with Gasteiger partial charge in [0.2, 0.25) is 0 Å². The number of alkyl halides is 3. The van der Waals surface area contributed by atoms with Crippen molar-refractivity contribution in [3.05, 3.63) is 16.1 Å². The van der Waals surface area contributed by atoms with Gasteiger partial charge in [0.1, 0.15) is 11.2 Å². The minimum atomic E-state index is -4.62. The first kappa shape index (κ1) is 16.4. The molecule has 0 spiro atoms. The Kier molecular flexibility index (Phi) is 4.74. The van der Waals surface area contributed by atoms with E-state index >= 15 is 0 Å². The van der Waals surface area contributed by atoms with Crippen LogP contribution in [-0.2, 0) is 11.0 Å². The van der Waals surface area contributed by atoms with E-state index in [9.17, 15) is 22.8 Å². The fraction of sp³-hybridized carbons (Fsp3) is 0.545. The van der Waals surface area contributed by atoms with Crippen molar-refractivity contribution in [2.45, 2.75) is 38.4 Å². The highest BCUT2D eigenvalue weighted by atomic mass is 32.1. The molecule has 1 amide bonds. The summed E-state index contributed by atoms with van der Waals surface area (Å²) in [5.74, 6) is -2.19. The first-order chi connectivity index (χ1) is 9.10. The summed E-state index contributed by atoms with van der Waals surface area (Å²) < 4.78 is 37.1. The molecule has 20 heavy (non-hydrogen) atoms. The third-order valence-electron chi connectivity index (χ3n) is 2.59. The summed E-state index contributed by atoms with van der Waals surface area (Å²) in [5, 5.41) is 11.1. The Morgan fingerprint density at radius 1 is 1.45 bits per heavy atom. The van der Waals surface area contributed by atoms with E-state index in [1.807, 2.05) is 0 Å². The molecule has 9 heteroatoms. The number of carboxylic acid groups (broad SMARTS) is 1. The zero-order valence-corrected chi connectivity index (χ0v) is 11.6. The molecule has 2 N–H and O–H groups in total. The van der Waals surface area contributed by atoms with Gasteiger partial charge in [-0.2, -0.15) is 13.2 Å². The van der Waals surface area contributed by atoms with E-state index in [0.29, 0.717) is 6.42 Å². The first-order valence-corrected chi connectivity index (χ1v) is 6.56. The molecule has 0 aliphatic rings. The van der Waals surface area contributed by atoms with Crippen molar-refractivity contribution < 1.29 is 27.9 Å². The molecule has 0 bridgehead atoms. The predicted octanol–water partition coefficient (Wildman–Crippen LogP) is 2.54. The van der Waals surface area contributed by atoms with E-state index in [1.165, 1.54) is 6.92 Å². The molecular weight excluding hydrogens is 297 g/mol. The second-order valence-electron chi connectivity index (χ2n) is 4.38. The number of hydrogen-bond donors (Lipinski definition) is 2. The first-order valence-electron chi connectivity index (χ1n) is 5.69. The molecule has 5 nitrogen and oxygen atoms in total. The molecule has 1 heterocycles. The fourth-order valence-corrected chi connectivity index (χ4v) is 2.21. The van der Waals surface area contributed by atoms with Crippen molar-refractivity contribution in [3.8, 4) is 0 Å². The van der Waals surface area contributed by atoms with Crippen molar-refractivity contribution in [2.24, 2.45) is 0 Å². The van der Waals surface area contributed by atoms with Crippen LogP contribution in [0.3, 0.4) is 0 Å². The van der Waals surface area contributed by atoms with Gasteiger partial charge in [-0.3, -0.25) is 4.79 Å². The van der Waals surface area contributed by atoms with Gasteiger partial charge in [0.25, 0.3) is 5.91 Å². The number of thiazole rings is 1. The van der Waals surface area contributed by atoms with Crippen LogP contribution in [0.2, 0.25) is 0 Å². The highest BCUT2D eigenvalue weighted by Crippen LogP contribution is 2.31. The van der Waals surface area contributed by atoms with Gasteiger partial charge in [0.05, 0.1) is 0 Å². The van der Waals surface area contributed by atoms with Gasteiger partial charge in [-0.15, -0.1) is 11.3 Å². The van der Waals surface area contributed by atoms with Crippen LogP contribution in [0.4, 0.5) is 13.2 Å². The van der Waals surface area contributed by atoms with Gasteiger partial charge in [-0.25, -0.2) is 9.78 Å². The molecule has 1 aromatic heterocycles. The average molecular weight is 310 g/mol. The second kappa shape index (κ2) is 5.78. The monoisotopic (exact) mass is 310 g/mol. The maximum Gasteiger partial charge on any atom is 0.443 e. The van der Waals surface area contributed by atoms with Crippen LogP contribution in [0.1, 0.15) is 42.2 Å².